The highest BCUT2D eigenvalue weighted by molar-refractivity contribution is 5.96. The summed E-state index contributed by atoms with van der Waals surface area (Å²) in [6.07, 6.45) is 1.84. The Morgan fingerprint density at radius 3 is 2.66 bits per heavy atom. The van der Waals surface area contributed by atoms with Gasteiger partial charge in [-0.3, -0.25) is 4.79 Å². The second-order valence-electron chi connectivity index (χ2n) is 7.87. The van der Waals surface area contributed by atoms with Gasteiger partial charge in [-0.05, 0) is 48.7 Å². The van der Waals surface area contributed by atoms with Gasteiger partial charge in [-0.25, -0.2) is 4.79 Å². The third kappa shape index (κ3) is 4.77. The maximum absolute atomic E-state index is 12.6. The average Bonchev–Trinajstić information content (AvgIpc) is 2.98. The zero-order valence-electron chi connectivity index (χ0n) is 16.8. The number of rotatable bonds is 4. The van der Waals surface area contributed by atoms with E-state index in [0.29, 0.717) is 13.0 Å². The fraction of sp³-hybridized carbons (Fsp3) is 0.391. The van der Waals surface area contributed by atoms with Crippen LogP contribution in [0.5, 0.6) is 0 Å². The Hall–Kier alpha value is -2.86. The smallest absolute Gasteiger partial charge is 0.407 e. The third-order valence-corrected chi connectivity index (χ3v) is 5.69. The molecule has 2 heterocycles. The van der Waals surface area contributed by atoms with Crippen molar-refractivity contribution in [2.45, 2.75) is 31.9 Å². The highest BCUT2D eigenvalue weighted by Crippen LogP contribution is 2.26. The number of hydrogen-bond acceptors (Lipinski definition) is 4. The predicted octanol–water partition coefficient (Wildman–Crippen LogP) is 2.75. The molecule has 1 fully saturated rings. The Balaban J connectivity index is 1.35. The molecule has 2 aliphatic heterocycles. The van der Waals surface area contributed by atoms with E-state index in [1.54, 1.807) is 4.90 Å². The lowest BCUT2D eigenvalue weighted by Gasteiger charge is -2.19. The van der Waals surface area contributed by atoms with E-state index in [-0.39, 0.29) is 18.6 Å². The number of carbonyl (C=O) groups excluding carboxylic acids is 2. The Kier molecular flexibility index (Phi) is 5.81. The van der Waals surface area contributed by atoms with Crippen molar-refractivity contribution in [1.82, 2.24) is 10.2 Å². The first kappa shape index (κ1) is 19.5. The van der Waals surface area contributed by atoms with E-state index in [4.69, 9.17) is 4.74 Å². The topological polar surface area (TPSA) is 61.9 Å². The summed E-state index contributed by atoms with van der Waals surface area (Å²) < 4.78 is 5.28. The molecule has 6 nitrogen and oxygen atoms in total. The van der Waals surface area contributed by atoms with Crippen LogP contribution < -0.4 is 10.2 Å². The second kappa shape index (κ2) is 8.66. The van der Waals surface area contributed by atoms with Gasteiger partial charge in [0, 0.05) is 31.7 Å². The lowest BCUT2D eigenvalue weighted by molar-refractivity contribution is -0.117. The lowest BCUT2D eigenvalue weighted by atomic mass is 10.0. The molecule has 152 valence electrons. The van der Waals surface area contributed by atoms with Crippen LogP contribution in [-0.4, -0.2) is 49.6 Å². The van der Waals surface area contributed by atoms with E-state index < -0.39 is 6.09 Å². The molecule has 0 saturated carbocycles. The number of ether oxygens (including phenoxy) is 1. The monoisotopic (exact) mass is 393 g/mol. The van der Waals surface area contributed by atoms with E-state index in [9.17, 15) is 9.59 Å². The number of fused-ring (bicyclic) bond motifs is 1. The van der Waals surface area contributed by atoms with Crippen LogP contribution in [0, 0.1) is 0 Å². The fourth-order valence-corrected chi connectivity index (χ4v) is 3.98. The zero-order valence-corrected chi connectivity index (χ0v) is 16.8. The van der Waals surface area contributed by atoms with E-state index in [1.165, 1.54) is 11.1 Å². The van der Waals surface area contributed by atoms with Crippen molar-refractivity contribution in [1.29, 1.82) is 0 Å². The van der Waals surface area contributed by atoms with Crippen molar-refractivity contribution in [2.75, 3.05) is 31.6 Å². The zero-order chi connectivity index (χ0) is 20.2. The first-order valence-electron chi connectivity index (χ1n) is 10.2. The molecule has 29 heavy (non-hydrogen) atoms. The molecular weight excluding hydrogens is 366 g/mol. The van der Waals surface area contributed by atoms with Gasteiger partial charge in [0.05, 0.1) is 6.04 Å². The second-order valence-corrected chi connectivity index (χ2v) is 7.87. The summed E-state index contributed by atoms with van der Waals surface area (Å²) in [6, 6.07) is 15.6. The Morgan fingerprint density at radius 2 is 1.86 bits per heavy atom. The number of anilines is 1. The minimum absolute atomic E-state index is 0.0315. The summed E-state index contributed by atoms with van der Waals surface area (Å²) in [6.45, 7) is 2.78. The third-order valence-electron chi connectivity index (χ3n) is 5.69. The summed E-state index contributed by atoms with van der Waals surface area (Å²) >= 11 is 0. The molecule has 0 bridgehead atoms. The lowest BCUT2D eigenvalue weighted by Crippen LogP contribution is -2.37. The van der Waals surface area contributed by atoms with Crippen LogP contribution in [0.15, 0.2) is 48.5 Å². The molecule has 2 amide bonds. The van der Waals surface area contributed by atoms with Gasteiger partial charge in [-0.15, -0.1) is 0 Å². The standard InChI is InChI=1S/C23H27N3O3/c1-25-11-9-18-7-8-21(13-19(18)10-12-25)26-15-20(14-22(26)27)24-23(28)29-16-17-5-3-2-4-6-17/h2-8,13,20H,9-12,14-16H2,1H3,(H,24,28). The van der Waals surface area contributed by atoms with E-state index in [2.05, 4.69) is 29.4 Å². The fourth-order valence-electron chi connectivity index (χ4n) is 3.98. The minimum Gasteiger partial charge on any atom is -0.445 e. The summed E-state index contributed by atoms with van der Waals surface area (Å²) in [7, 11) is 2.14. The quantitative estimate of drug-likeness (QED) is 0.868. The summed E-state index contributed by atoms with van der Waals surface area (Å²) in [5.74, 6) is 0.0315. The number of alkyl carbamates (subject to hydrolysis) is 1. The van der Waals surface area contributed by atoms with Crippen LogP contribution in [0.2, 0.25) is 0 Å². The van der Waals surface area contributed by atoms with Crippen LogP contribution in [-0.2, 0) is 29.0 Å². The van der Waals surface area contributed by atoms with Crippen molar-refractivity contribution >= 4 is 17.7 Å². The highest BCUT2D eigenvalue weighted by atomic mass is 16.5. The highest BCUT2D eigenvalue weighted by Gasteiger charge is 2.32. The SMILES string of the molecule is CN1CCc2ccc(N3CC(NC(=O)OCc4ccccc4)CC3=O)cc2CC1. The molecule has 2 aliphatic rings. The van der Waals surface area contributed by atoms with E-state index >= 15 is 0 Å². The number of nitrogens with zero attached hydrogens (tertiary/aromatic N) is 2. The minimum atomic E-state index is -0.488. The first-order chi connectivity index (χ1) is 14.1. The molecule has 2 aromatic carbocycles. The normalized spacial score (nSPS) is 19.6. The maximum atomic E-state index is 12.6. The number of likely N-dealkylation sites (N-methyl/N-ethyl adjacent to an activating group) is 1. The van der Waals surface area contributed by atoms with E-state index in [1.807, 2.05) is 36.4 Å². The van der Waals surface area contributed by atoms with Gasteiger partial charge < -0.3 is 19.9 Å². The van der Waals surface area contributed by atoms with Crippen molar-refractivity contribution in [3.05, 3.63) is 65.2 Å². The number of hydrogen-bond donors (Lipinski definition) is 1. The summed E-state index contributed by atoms with van der Waals surface area (Å²) in [5.41, 5.74) is 4.53. The molecule has 1 atom stereocenters. The van der Waals surface area contributed by atoms with Gasteiger partial charge in [0.15, 0.2) is 0 Å². The summed E-state index contributed by atoms with van der Waals surface area (Å²) in [5, 5.41) is 2.83. The summed E-state index contributed by atoms with van der Waals surface area (Å²) in [4.78, 5) is 28.8. The molecule has 0 radical (unpaired) electrons. The molecule has 0 aromatic heterocycles. The molecule has 4 rings (SSSR count). The van der Waals surface area contributed by atoms with Gasteiger partial charge in [-0.1, -0.05) is 36.4 Å². The molecule has 1 N–H and O–H groups in total. The van der Waals surface area contributed by atoms with Gasteiger partial charge in [-0.2, -0.15) is 0 Å². The largest absolute Gasteiger partial charge is 0.445 e. The van der Waals surface area contributed by atoms with Crippen LogP contribution in [0.1, 0.15) is 23.1 Å². The van der Waals surface area contributed by atoms with Crippen LogP contribution in [0.3, 0.4) is 0 Å². The number of carbonyl (C=O) groups is 2. The average molecular weight is 393 g/mol. The number of benzene rings is 2. The van der Waals surface area contributed by atoms with Crippen LogP contribution >= 0.6 is 0 Å². The van der Waals surface area contributed by atoms with Crippen molar-refractivity contribution in [2.24, 2.45) is 0 Å². The molecular formula is C23H27N3O3. The molecule has 0 aliphatic carbocycles. The first-order valence-corrected chi connectivity index (χ1v) is 10.2. The Labute approximate surface area is 171 Å². The molecule has 1 unspecified atom stereocenters. The Bertz CT molecular complexity index is 884. The molecule has 1 saturated heterocycles. The van der Waals surface area contributed by atoms with Crippen LogP contribution in [0.4, 0.5) is 10.5 Å². The number of nitrogens with one attached hydrogen (secondary N) is 1. The van der Waals surface area contributed by atoms with Gasteiger partial charge >= 0.3 is 6.09 Å². The maximum Gasteiger partial charge on any atom is 0.407 e. The van der Waals surface area contributed by atoms with Gasteiger partial charge in [0.25, 0.3) is 0 Å². The van der Waals surface area contributed by atoms with Crippen molar-refractivity contribution < 1.29 is 14.3 Å². The van der Waals surface area contributed by atoms with Gasteiger partial charge in [0.2, 0.25) is 5.91 Å². The molecule has 0 spiro atoms. The van der Waals surface area contributed by atoms with Crippen molar-refractivity contribution in [3.8, 4) is 0 Å². The van der Waals surface area contributed by atoms with E-state index in [0.717, 1.165) is 37.2 Å². The molecule has 2 aromatic rings. The molecule has 6 heteroatoms. The number of amides is 2. The van der Waals surface area contributed by atoms with Crippen molar-refractivity contribution in [3.63, 3.8) is 0 Å². The Morgan fingerprint density at radius 1 is 1.10 bits per heavy atom. The van der Waals surface area contributed by atoms with Crippen LogP contribution in [0.25, 0.3) is 0 Å². The van der Waals surface area contributed by atoms with Gasteiger partial charge in [0.1, 0.15) is 6.61 Å². The predicted molar refractivity (Wildman–Crippen MR) is 112 cm³/mol.